The second kappa shape index (κ2) is 4.39. The van der Waals surface area contributed by atoms with Crippen molar-refractivity contribution >= 4 is 11.6 Å². The number of hydrogen-bond acceptors (Lipinski definition) is 2. The number of aryl methyl sites for hydroxylation is 1. The Kier molecular flexibility index (Phi) is 2.86. The summed E-state index contributed by atoms with van der Waals surface area (Å²) < 4.78 is 0. The molecule has 2 aliphatic rings. The molecule has 0 saturated heterocycles. The maximum Gasteiger partial charge on any atom is 0.248 e. The van der Waals surface area contributed by atoms with E-state index in [0.717, 1.165) is 17.8 Å². The number of carbonyl (C=O) groups excluding carboxylic acids is 1. The van der Waals surface area contributed by atoms with Crippen LogP contribution in [0.5, 0.6) is 0 Å². The average Bonchev–Trinajstić information content (AvgIpc) is 2.94. The number of benzene rings is 1. The van der Waals surface area contributed by atoms with E-state index < -0.39 is 6.04 Å². The molecule has 0 aromatic heterocycles. The summed E-state index contributed by atoms with van der Waals surface area (Å²) >= 11 is 0. The molecule has 3 heteroatoms. The number of nitrogens with zero attached hydrogens (tertiary/aromatic N) is 1. The number of amides is 1. The zero-order valence-electron chi connectivity index (χ0n) is 10.9. The van der Waals surface area contributed by atoms with Gasteiger partial charge in [0.05, 0.1) is 0 Å². The first-order chi connectivity index (χ1) is 8.66. The minimum Gasteiger partial charge on any atom is -0.316 e. The van der Waals surface area contributed by atoms with Crippen LogP contribution in [-0.2, 0) is 4.79 Å². The van der Waals surface area contributed by atoms with Crippen molar-refractivity contribution in [3.63, 3.8) is 0 Å². The van der Waals surface area contributed by atoms with Crippen molar-refractivity contribution in [3.05, 3.63) is 29.3 Å². The van der Waals surface area contributed by atoms with Gasteiger partial charge >= 0.3 is 0 Å². The molecule has 1 fully saturated rings. The Morgan fingerprint density at radius 1 is 1.33 bits per heavy atom. The van der Waals surface area contributed by atoms with Crippen LogP contribution in [-0.4, -0.2) is 12.5 Å². The number of fused-ring (bicyclic) bond motifs is 1. The molecule has 0 radical (unpaired) electrons. The van der Waals surface area contributed by atoms with Gasteiger partial charge in [0.1, 0.15) is 6.04 Å². The van der Waals surface area contributed by atoms with E-state index in [1.54, 1.807) is 0 Å². The summed E-state index contributed by atoms with van der Waals surface area (Å²) in [5.41, 5.74) is 9.23. The first kappa shape index (κ1) is 11.7. The highest BCUT2D eigenvalue weighted by Gasteiger charge is 2.36. The Morgan fingerprint density at radius 2 is 2.06 bits per heavy atom. The molecule has 1 aromatic rings. The summed E-state index contributed by atoms with van der Waals surface area (Å²) in [7, 11) is 0. The van der Waals surface area contributed by atoms with E-state index in [1.165, 1.54) is 31.2 Å². The topological polar surface area (TPSA) is 46.3 Å². The Balaban J connectivity index is 1.89. The van der Waals surface area contributed by atoms with Crippen LogP contribution in [0.25, 0.3) is 0 Å². The zero-order valence-corrected chi connectivity index (χ0v) is 10.9. The largest absolute Gasteiger partial charge is 0.316 e. The lowest BCUT2D eigenvalue weighted by atomic mass is 10.1. The van der Waals surface area contributed by atoms with Gasteiger partial charge in [-0.15, -0.1) is 0 Å². The normalized spacial score (nSPS) is 23.8. The molecule has 1 aliphatic heterocycles. The van der Waals surface area contributed by atoms with E-state index in [4.69, 9.17) is 5.73 Å². The third-order valence-corrected chi connectivity index (χ3v) is 4.26. The monoisotopic (exact) mass is 244 g/mol. The molecule has 1 atom stereocenters. The van der Waals surface area contributed by atoms with Gasteiger partial charge in [0, 0.05) is 17.8 Å². The van der Waals surface area contributed by atoms with Gasteiger partial charge in [0.15, 0.2) is 0 Å². The summed E-state index contributed by atoms with van der Waals surface area (Å²) in [5, 5.41) is 0. The van der Waals surface area contributed by atoms with Crippen LogP contribution in [0.4, 0.5) is 5.69 Å². The van der Waals surface area contributed by atoms with E-state index in [-0.39, 0.29) is 5.91 Å². The molecule has 2 N–H and O–H groups in total. The molecule has 3 rings (SSSR count). The number of rotatable bonds is 2. The van der Waals surface area contributed by atoms with Crippen LogP contribution in [0.3, 0.4) is 0 Å². The average molecular weight is 244 g/mol. The smallest absolute Gasteiger partial charge is 0.248 e. The molecule has 1 heterocycles. The van der Waals surface area contributed by atoms with Gasteiger partial charge in [0.2, 0.25) is 5.91 Å². The van der Waals surface area contributed by atoms with Crippen LogP contribution >= 0.6 is 0 Å². The SMILES string of the molecule is Cc1ccc2c(c1)C(N)C(=O)N2CC1CCCC1. The van der Waals surface area contributed by atoms with E-state index in [9.17, 15) is 4.79 Å². The lowest BCUT2D eigenvalue weighted by Gasteiger charge is -2.21. The molecular formula is C15H20N2O. The highest BCUT2D eigenvalue weighted by atomic mass is 16.2. The Morgan fingerprint density at radius 3 is 2.78 bits per heavy atom. The lowest BCUT2D eigenvalue weighted by molar-refractivity contribution is -0.119. The van der Waals surface area contributed by atoms with Crippen molar-refractivity contribution in [2.45, 2.75) is 38.6 Å². The molecular weight excluding hydrogens is 224 g/mol. The third kappa shape index (κ3) is 1.83. The van der Waals surface area contributed by atoms with Crippen LogP contribution < -0.4 is 10.6 Å². The predicted molar refractivity (Wildman–Crippen MR) is 72.4 cm³/mol. The zero-order chi connectivity index (χ0) is 12.7. The molecule has 18 heavy (non-hydrogen) atoms. The Hall–Kier alpha value is -1.35. The van der Waals surface area contributed by atoms with E-state index >= 15 is 0 Å². The van der Waals surface area contributed by atoms with Gasteiger partial charge < -0.3 is 10.6 Å². The highest BCUT2D eigenvalue weighted by molar-refractivity contribution is 6.04. The molecule has 3 nitrogen and oxygen atoms in total. The number of hydrogen-bond donors (Lipinski definition) is 1. The molecule has 1 aromatic carbocycles. The van der Waals surface area contributed by atoms with Gasteiger partial charge in [-0.25, -0.2) is 0 Å². The van der Waals surface area contributed by atoms with Crippen LogP contribution in [0, 0.1) is 12.8 Å². The van der Waals surface area contributed by atoms with E-state index in [0.29, 0.717) is 5.92 Å². The second-order valence-corrected chi connectivity index (χ2v) is 5.64. The summed E-state index contributed by atoms with van der Waals surface area (Å²) in [6, 6.07) is 5.70. The van der Waals surface area contributed by atoms with Crippen LogP contribution in [0.2, 0.25) is 0 Å². The van der Waals surface area contributed by atoms with Crippen molar-refractivity contribution in [2.75, 3.05) is 11.4 Å². The van der Waals surface area contributed by atoms with Gasteiger partial charge in [-0.1, -0.05) is 30.5 Å². The number of carbonyl (C=O) groups is 1. The Bertz CT molecular complexity index is 477. The molecule has 1 amide bonds. The third-order valence-electron chi connectivity index (χ3n) is 4.26. The highest BCUT2D eigenvalue weighted by Crippen LogP contribution is 2.37. The van der Waals surface area contributed by atoms with Gasteiger partial charge in [-0.2, -0.15) is 0 Å². The fourth-order valence-electron chi connectivity index (χ4n) is 3.23. The molecule has 0 spiro atoms. The van der Waals surface area contributed by atoms with E-state index in [1.807, 2.05) is 24.0 Å². The van der Waals surface area contributed by atoms with Crippen molar-refractivity contribution in [1.29, 1.82) is 0 Å². The molecule has 1 saturated carbocycles. The van der Waals surface area contributed by atoms with Crippen LogP contribution in [0.15, 0.2) is 18.2 Å². The maximum atomic E-state index is 12.3. The second-order valence-electron chi connectivity index (χ2n) is 5.64. The van der Waals surface area contributed by atoms with Crippen molar-refractivity contribution in [1.82, 2.24) is 0 Å². The quantitative estimate of drug-likeness (QED) is 0.869. The van der Waals surface area contributed by atoms with Gasteiger partial charge in [0.25, 0.3) is 0 Å². The first-order valence-electron chi connectivity index (χ1n) is 6.84. The summed E-state index contributed by atoms with van der Waals surface area (Å²) in [6.45, 7) is 2.89. The minimum atomic E-state index is -0.457. The molecule has 1 unspecified atom stereocenters. The Labute approximate surface area is 108 Å². The number of nitrogens with two attached hydrogens (primary N) is 1. The van der Waals surface area contributed by atoms with Gasteiger partial charge in [-0.3, -0.25) is 4.79 Å². The number of anilines is 1. The fourth-order valence-corrected chi connectivity index (χ4v) is 3.23. The van der Waals surface area contributed by atoms with Crippen molar-refractivity contribution < 1.29 is 4.79 Å². The van der Waals surface area contributed by atoms with Crippen molar-refractivity contribution in [2.24, 2.45) is 11.7 Å². The fraction of sp³-hybridized carbons (Fsp3) is 0.533. The summed E-state index contributed by atoms with van der Waals surface area (Å²) in [5.74, 6) is 0.732. The molecule has 1 aliphatic carbocycles. The van der Waals surface area contributed by atoms with E-state index in [2.05, 4.69) is 6.07 Å². The van der Waals surface area contributed by atoms with Gasteiger partial charge in [-0.05, 0) is 31.7 Å². The standard InChI is InChI=1S/C15H20N2O/c1-10-6-7-13-12(8-10)14(16)15(18)17(13)9-11-4-2-3-5-11/h6-8,11,14H,2-5,9,16H2,1H3. The summed E-state index contributed by atoms with van der Waals surface area (Å²) in [6.07, 6.45) is 5.11. The predicted octanol–water partition coefficient (Wildman–Crippen LogP) is 2.53. The lowest BCUT2D eigenvalue weighted by Crippen LogP contribution is -2.35. The summed E-state index contributed by atoms with van der Waals surface area (Å²) in [4.78, 5) is 14.2. The molecule has 0 bridgehead atoms. The van der Waals surface area contributed by atoms with Crippen molar-refractivity contribution in [3.8, 4) is 0 Å². The first-order valence-corrected chi connectivity index (χ1v) is 6.84. The molecule has 96 valence electrons. The van der Waals surface area contributed by atoms with Crippen LogP contribution in [0.1, 0.15) is 42.9 Å². The minimum absolute atomic E-state index is 0.0718. The maximum absolute atomic E-state index is 12.3.